The van der Waals surface area contributed by atoms with Gasteiger partial charge in [-0.1, -0.05) is 0 Å². The van der Waals surface area contributed by atoms with E-state index in [1.54, 1.807) is 0 Å². The summed E-state index contributed by atoms with van der Waals surface area (Å²) in [6, 6.07) is 2.45. The van der Waals surface area contributed by atoms with E-state index < -0.39 is 34.8 Å². The van der Waals surface area contributed by atoms with Crippen LogP contribution in [-0.4, -0.2) is 30.9 Å². The molecule has 2 aromatic heterocycles. The summed E-state index contributed by atoms with van der Waals surface area (Å²) in [6.07, 6.45) is 0.0312. The number of amides is 1. The van der Waals surface area contributed by atoms with Crippen molar-refractivity contribution < 1.29 is 18.7 Å². The van der Waals surface area contributed by atoms with E-state index in [4.69, 9.17) is 5.11 Å². The lowest BCUT2D eigenvalue weighted by atomic mass is 10.2. The minimum absolute atomic E-state index is 0.108. The topological polar surface area (TPSA) is 113 Å². The largest absolute Gasteiger partial charge is 0.465 e. The smallest absolute Gasteiger partial charge is 0.405 e. The molecule has 0 fully saturated rings. The summed E-state index contributed by atoms with van der Waals surface area (Å²) in [5, 5.41) is 17.1. The van der Waals surface area contributed by atoms with Gasteiger partial charge in [-0.05, 0) is 19.1 Å². The van der Waals surface area contributed by atoms with Crippen molar-refractivity contribution in [1.82, 2.24) is 25.1 Å². The lowest BCUT2D eigenvalue weighted by molar-refractivity contribution is 0.190. The number of carboxylic acid groups (broad SMARTS) is 1. The summed E-state index contributed by atoms with van der Waals surface area (Å²) in [6.45, 7) is 1.42. The predicted molar refractivity (Wildman–Crippen MR) is 79.0 cm³/mol. The molecule has 124 valence electrons. The number of nitrogens with zero attached hydrogens (tertiary/aromatic N) is 3. The highest BCUT2D eigenvalue weighted by atomic mass is 19.2. The van der Waals surface area contributed by atoms with Crippen LogP contribution in [-0.2, 0) is 0 Å². The quantitative estimate of drug-likeness (QED) is 0.674. The van der Waals surface area contributed by atoms with Gasteiger partial charge in [0.05, 0.1) is 17.6 Å². The molecular formula is C14H11F2N5O3. The number of fused-ring (bicyclic) bond motifs is 1. The highest BCUT2D eigenvalue weighted by molar-refractivity contribution is 5.78. The zero-order valence-electron chi connectivity index (χ0n) is 12.2. The maximum absolute atomic E-state index is 14.0. The third kappa shape index (κ3) is 2.47. The summed E-state index contributed by atoms with van der Waals surface area (Å²) >= 11 is 0. The average Bonchev–Trinajstić information content (AvgIpc) is 3.04. The van der Waals surface area contributed by atoms with Gasteiger partial charge in [0.25, 0.3) is 5.56 Å². The minimum Gasteiger partial charge on any atom is -0.465 e. The van der Waals surface area contributed by atoms with Crippen molar-refractivity contribution in [2.75, 3.05) is 0 Å². The van der Waals surface area contributed by atoms with Crippen LogP contribution < -0.4 is 10.9 Å². The Morgan fingerprint density at radius 1 is 1.38 bits per heavy atom. The van der Waals surface area contributed by atoms with Crippen LogP contribution in [0.25, 0.3) is 16.7 Å². The average molecular weight is 335 g/mol. The maximum atomic E-state index is 14.0. The van der Waals surface area contributed by atoms with Crippen LogP contribution in [0.1, 0.15) is 18.8 Å². The Labute approximate surface area is 132 Å². The first kappa shape index (κ1) is 15.6. The van der Waals surface area contributed by atoms with E-state index in [0.29, 0.717) is 0 Å². The van der Waals surface area contributed by atoms with Crippen LogP contribution in [0.5, 0.6) is 0 Å². The van der Waals surface area contributed by atoms with Crippen molar-refractivity contribution in [2.45, 2.75) is 13.0 Å². The summed E-state index contributed by atoms with van der Waals surface area (Å²) in [5.74, 6) is -2.32. The summed E-state index contributed by atoms with van der Waals surface area (Å²) in [5.41, 5.74) is -1.15. The Balaban J connectivity index is 2.38. The molecule has 0 saturated carbocycles. The predicted octanol–water partition coefficient (Wildman–Crippen LogP) is 1.72. The van der Waals surface area contributed by atoms with Gasteiger partial charge >= 0.3 is 6.09 Å². The number of aromatic amines is 1. The van der Waals surface area contributed by atoms with Crippen molar-refractivity contribution in [3.8, 4) is 5.82 Å². The molecule has 0 saturated heterocycles. The van der Waals surface area contributed by atoms with Crippen LogP contribution in [0, 0.1) is 11.6 Å². The number of H-pyrrole nitrogens is 1. The number of hydrogen-bond acceptors (Lipinski definition) is 4. The minimum atomic E-state index is -1.35. The van der Waals surface area contributed by atoms with Gasteiger partial charge in [0, 0.05) is 6.07 Å². The van der Waals surface area contributed by atoms with Gasteiger partial charge in [-0.2, -0.15) is 5.10 Å². The molecule has 3 N–H and O–H groups in total. The Morgan fingerprint density at radius 2 is 2.12 bits per heavy atom. The fourth-order valence-electron chi connectivity index (χ4n) is 2.36. The SMILES string of the molecule is CC(NC(=O)O)c1nc2c(F)c(F)ccc2c(=O)n1-c1ccn[nH]1. The molecule has 3 aromatic rings. The van der Waals surface area contributed by atoms with E-state index in [1.165, 1.54) is 19.2 Å². The van der Waals surface area contributed by atoms with E-state index in [-0.39, 0.29) is 17.0 Å². The van der Waals surface area contributed by atoms with E-state index >= 15 is 0 Å². The molecule has 24 heavy (non-hydrogen) atoms. The van der Waals surface area contributed by atoms with Gasteiger partial charge in [-0.3, -0.25) is 9.89 Å². The molecule has 3 rings (SSSR count). The zero-order chi connectivity index (χ0) is 17.4. The zero-order valence-corrected chi connectivity index (χ0v) is 12.2. The second kappa shape index (κ2) is 5.72. The van der Waals surface area contributed by atoms with Crippen LogP contribution in [0.3, 0.4) is 0 Å². The molecule has 1 amide bonds. The molecule has 1 atom stereocenters. The van der Waals surface area contributed by atoms with Crippen LogP contribution in [0.15, 0.2) is 29.2 Å². The fourth-order valence-corrected chi connectivity index (χ4v) is 2.36. The summed E-state index contributed by atoms with van der Waals surface area (Å²) < 4.78 is 28.5. The Bertz CT molecular complexity index is 984. The number of carbonyl (C=O) groups is 1. The summed E-state index contributed by atoms with van der Waals surface area (Å²) in [7, 11) is 0. The molecule has 0 bridgehead atoms. The lowest BCUT2D eigenvalue weighted by Crippen LogP contribution is -2.32. The molecule has 1 unspecified atom stereocenters. The van der Waals surface area contributed by atoms with Gasteiger partial charge in [-0.15, -0.1) is 0 Å². The molecule has 10 heteroatoms. The molecule has 0 spiro atoms. The molecular weight excluding hydrogens is 324 g/mol. The number of hydrogen-bond donors (Lipinski definition) is 3. The molecule has 8 nitrogen and oxygen atoms in total. The van der Waals surface area contributed by atoms with Crippen molar-refractivity contribution in [3.63, 3.8) is 0 Å². The normalized spacial score (nSPS) is 12.3. The Hall–Kier alpha value is -3.30. The van der Waals surface area contributed by atoms with Crippen LogP contribution in [0.2, 0.25) is 0 Å². The molecule has 0 aliphatic heterocycles. The highest BCUT2D eigenvalue weighted by Crippen LogP contribution is 2.20. The maximum Gasteiger partial charge on any atom is 0.405 e. The van der Waals surface area contributed by atoms with Gasteiger partial charge in [0.15, 0.2) is 11.6 Å². The van der Waals surface area contributed by atoms with E-state index in [0.717, 1.165) is 16.7 Å². The van der Waals surface area contributed by atoms with Crippen molar-refractivity contribution in [1.29, 1.82) is 0 Å². The Morgan fingerprint density at radius 3 is 2.75 bits per heavy atom. The highest BCUT2D eigenvalue weighted by Gasteiger charge is 2.22. The first-order chi connectivity index (χ1) is 11.4. The third-order valence-corrected chi connectivity index (χ3v) is 3.41. The second-order valence-corrected chi connectivity index (χ2v) is 4.98. The van der Waals surface area contributed by atoms with E-state index in [9.17, 15) is 18.4 Å². The van der Waals surface area contributed by atoms with Gasteiger partial charge in [0.1, 0.15) is 17.2 Å². The standard InChI is InChI=1S/C14H11F2N5O3/c1-6(18-14(23)24)12-19-11-7(2-3-8(15)10(11)16)13(22)21(12)9-4-5-17-20-9/h2-6,18H,1H3,(H,17,20)(H,23,24). The molecule has 1 aromatic carbocycles. The van der Waals surface area contributed by atoms with E-state index in [1.807, 2.05) is 0 Å². The number of aromatic nitrogens is 4. The van der Waals surface area contributed by atoms with Gasteiger partial charge < -0.3 is 10.4 Å². The van der Waals surface area contributed by atoms with Gasteiger partial charge in [-0.25, -0.2) is 23.1 Å². The first-order valence-electron chi connectivity index (χ1n) is 6.80. The molecule has 2 heterocycles. The molecule has 0 aliphatic rings. The van der Waals surface area contributed by atoms with Crippen molar-refractivity contribution >= 4 is 17.0 Å². The number of nitrogens with one attached hydrogen (secondary N) is 2. The van der Waals surface area contributed by atoms with Gasteiger partial charge in [0.2, 0.25) is 0 Å². The molecule has 0 radical (unpaired) electrons. The summed E-state index contributed by atoms with van der Waals surface area (Å²) in [4.78, 5) is 27.6. The molecule has 0 aliphatic carbocycles. The van der Waals surface area contributed by atoms with Crippen molar-refractivity contribution in [3.05, 3.63) is 52.2 Å². The number of halogens is 2. The first-order valence-corrected chi connectivity index (χ1v) is 6.80. The fraction of sp³-hybridized carbons (Fsp3) is 0.143. The van der Waals surface area contributed by atoms with Crippen molar-refractivity contribution in [2.24, 2.45) is 0 Å². The van der Waals surface area contributed by atoms with Crippen LogP contribution in [0.4, 0.5) is 13.6 Å². The number of benzene rings is 1. The number of rotatable bonds is 3. The van der Waals surface area contributed by atoms with Crippen LogP contribution >= 0.6 is 0 Å². The Kier molecular flexibility index (Phi) is 3.72. The monoisotopic (exact) mass is 335 g/mol. The third-order valence-electron chi connectivity index (χ3n) is 3.41. The van der Waals surface area contributed by atoms with E-state index in [2.05, 4.69) is 20.5 Å². The second-order valence-electron chi connectivity index (χ2n) is 4.98. The lowest BCUT2D eigenvalue weighted by Gasteiger charge is -2.17.